The number of aryl methyl sites for hydroxylation is 2. The third-order valence-corrected chi connectivity index (χ3v) is 5.27. The summed E-state index contributed by atoms with van der Waals surface area (Å²) in [5.74, 6) is 6.46. The third-order valence-electron chi connectivity index (χ3n) is 5.27. The van der Waals surface area contributed by atoms with Gasteiger partial charge in [-0.15, -0.1) is 0 Å². The van der Waals surface area contributed by atoms with Gasteiger partial charge in [-0.2, -0.15) is 0 Å². The van der Waals surface area contributed by atoms with E-state index in [-0.39, 0.29) is 0 Å². The highest BCUT2D eigenvalue weighted by atomic mass is 16.4. The molecule has 0 radical (unpaired) electrons. The zero-order chi connectivity index (χ0) is 18.3. The maximum absolute atomic E-state index is 11.5. The van der Waals surface area contributed by atoms with E-state index in [1.54, 1.807) is 6.92 Å². The van der Waals surface area contributed by atoms with Crippen LogP contribution >= 0.6 is 0 Å². The molecule has 1 atom stereocenters. The van der Waals surface area contributed by atoms with Crippen molar-refractivity contribution < 1.29 is 14.3 Å². The van der Waals surface area contributed by atoms with Crippen LogP contribution in [0, 0.1) is 24.2 Å². The Kier molecular flexibility index (Phi) is 3.85. The highest BCUT2D eigenvalue weighted by molar-refractivity contribution is 5.85. The topological polar surface area (TPSA) is 50.4 Å². The van der Waals surface area contributed by atoms with Crippen molar-refractivity contribution >= 4 is 16.9 Å². The summed E-state index contributed by atoms with van der Waals surface area (Å²) in [6.07, 6.45) is 1.79. The third kappa shape index (κ3) is 2.88. The van der Waals surface area contributed by atoms with E-state index in [4.69, 9.17) is 4.42 Å². The Morgan fingerprint density at radius 2 is 1.81 bits per heavy atom. The summed E-state index contributed by atoms with van der Waals surface area (Å²) < 4.78 is 5.96. The number of carboxylic acid groups (broad SMARTS) is 1. The van der Waals surface area contributed by atoms with Gasteiger partial charge < -0.3 is 9.52 Å². The summed E-state index contributed by atoms with van der Waals surface area (Å²) in [7, 11) is 0. The number of rotatable bonds is 1. The minimum Gasteiger partial charge on any atom is -0.481 e. The molecule has 1 aliphatic rings. The zero-order valence-electron chi connectivity index (χ0n) is 14.9. The summed E-state index contributed by atoms with van der Waals surface area (Å²) in [6.45, 7) is 3.85. The van der Waals surface area contributed by atoms with Crippen LogP contribution in [0.1, 0.15) is 41.4 Å². The molecule has 3 aromatic rings. The molecule has 3 heteroatoms. The fourth-order valence-corrected chi connectivity index (χ4v) is 3.50. The Hall–Kier alpha value is -2.99. The van der Waals surface area contributed by atoms with Crippen molar-refractivity contribution in [1.29, 1.82) is 0 Å². The van der Waals surface area contributed by atoms with Crippen LogP contribution in [0.2, 0.25) is 0 Å². The summed E-state index contributed by atoms with van der Waals surface area (Å²) in [4.78, 5) is 11.5. The van der Waals surface area contributed by atoms with Gasteiger partial charge in [-0.25, -0.2) is 0 Å². The minimum atomic E-state index is -0.756. The van der Waals surface area contributed by atoms with Crippen molar-refractivity contribution in [2.45, 2.75) is 33.1 Å². The van der Waals surface area contributed by atoms with Crippen molar-refractivity contribution in [3.8, 4) is 11.8 Å². The van der Waals surface area contributed by atoms with Crippen molar-refractivity contribution in [2.75, 3.05) is 0 Å². The Morgan fingerprint density at radius 1 is 1.12 bits per heavy atom. The van der Waals surface area contributed by atoms with Gasteiger partial charge in [0.05, 0.1) is 5.41 Å². The van der Waals surface area contributed by atoms with Gasteiger partial charge in [-0.3, -0.25) is 4.79 Å². The number of benzene rings is 2. The van der Waals surface area contributed by atoms with E-state index in [9.17, 15) is 9.90 Å². The molecule has 1 heterocycles. The number of furan rings is 1. The van der Waals surface area contributed by atoms with E-state index in [1.165, 1.54) is 5.56 Å². The lowest BCUT2D eigenvalue weighted by Crippen LogP contribution is -2.33. The Morgan fingerprint density at radius 3 is 2.54 bits per heavy atom. The molecule has 0 aliphatic heterocycles. The number of fused-ring (bicyclic) bond motifs is 3. The summed E-state index contributed by atoms with van der Waals surface area (Å²) in [5.41, 5.74) is 4.35. The van der Waals surface area contributed by atoms with Gasteiger partial charge in [0.15, 0.2) is 0 Å². The molecule has 26 heavy (non-hydrogen) atoms. The molecule has 130 valence electrons. The molecule has 1 aliphatic carbocycles. The molecule has 2 aromatic carbocycles. The Labute approximate surface area is 152 Å². The highest BCUT2D eigenvalue weighted by Gasteiger charge is 2.39. The molecule has 0 amide bonds. The number of hydrogen-bond acceptors (Lipinski definition) is 2. The number of hydrogen-bond donors (Lipinski definition) is 1. The largest absolute Gasteiger partial charge is 0.481 e. The standard InChI is InChI=1S/C23H20O3/c1-15-3-5-16(6-4-15)7-8-17-9-10-20-19(13-17)18-11-12-23(2,22(24)25)14-21(18)26-20/h3-6,9-10,13H,11-12,14H2,1-2H3,(H,24,25)/t23-/m0/s1. The second-order valence-electron chi connectivity index (χ2n) is 7.37. The zero-order valence-corrected chi connectivity index (χ0v) is 14.9. The number of carboxylic acids is 1. The van der Waals surface area contributed by atoms with E-state index >= 15 is 0 Å². The van der Waals surface area contributed by atoms with Crippen molar-refractivity contribution in [2.24, 2.45) is 5.41 Å². The van der Waals surface area contributed by atoms with Gasteiger partial charge in [0.25, 0.3) is 0 Å². The predicted octanol–water partition coefficient (Wildman–Crippen LogP) is 4.72. The van der Waals surface area contributed by atoms with Gasteiger partial charge >= 0.3 is 5.97 Å². The highest BCUT2D eigenvalue weighted by Crippen LogP contribution is 2.40. The molecule has 4 rings (SSSR count). The van der Waals surface area contributed by atoms with E-state index in [0.717, 1.165) is 39.8 Å². The SMILES string of the molecule is Cc1ccc(C#Cc2ccc3oc4c(c3c2)CC[C@](C)(C(=O)O)C4)cc1. The summed E-state index contributed by atoms with van der Waals surface area (Å²) in [5, 5.41) is 10.5. The molecule has 0 saturated carbocycles. The fourth-order valence-electron chi connectivity index (χ4n) is 3.50. The van der Waals surface area contributed by atoms with Crippen LogP contribution in [0.15, 0.2) is 46.9 Å². The van der Waals surface area contributed by atoms with Crippen LogP contribution in [0.25, 0.3) is 11.0 Å². The van der Waals surface area contributed by atoms with Crippen molar-refractivity contribution in [1.82, 2.24) is 0 Å². The maximum atomic E-state index is 11.5. The average Bonchev–Trinajstić information content (AvgIpc) is 2.97. The molecule has 0 spiro atoms. The first kappa shape index (κ1) is 16.5. The molecule has 0 fully saturated rings. The molecular weight excluding hydrogens is 324 g/mol. The predicted molar refractivity (Wildman–Crippen MR) is 101 cm³/mol. The molecule has 0 unspecified atom stereocenters. The fraction of sp³-hybridized carbons (Fsp3) is 0.261. The van der Waals surface area contributed by atoms with Crippen LogP contribution in [0.3, 0.4) is 0 Å². The minimum absolute atomic E-state index is 0.441. The molecule has 1 N–H and O–H groups in total. The van der Waals surface area contributed by atoms with E-state index in [0.29, 0.717) is 12.8 Å². The van der Waals surface area contributed by atoms with Crippen LogP contribution in [0.5, 0.6) is 0 Å². The number of aliphatic carboxylic acids is 1. The Balaban J connectivity index is 1.69. The summed E-state index contributed by atoms with van der Waals surface area (Å²) >= 11 is 0. The van der Waals surface area contributed by atoms with Crippen molar-refractivity contribution in [3.05, 3.63) is 70.5 Å². The van der Waals surface area contributed by atoms with E-state index < -0.39 is 11.4 Å². The van der Waals surface area contributed by atoms with Crippen LogP contribution in [-0.2, 0) is 17.6 Å². The van der Waals surface area contributed by atoms with Gasteiger partial charge in [0, 0.05) is 28.5 Å². The van der Waals surface area contributed by atoms with Crippen molar-refractivity contribution in [3.63, 3.8) is 0 Å². The molecule has 1 aromatic heterocycles. The summed E-state index contributed by atoms with van der Waals surface area (Å²) in [6, 6.07) is 14.1. The smallest absolute Gasteiger partial charge is 0.309 e. The lowest BCUT2D eigenvalue weighted by atomic mass is 9.75. The number of carbonyl (C=O) groups is 1. The molecule has 0 bridgehead atoms. The van der Waals surface area contributed by atoms with E-state index in [2.05, 4.69) is 37.0 Å². The lowest BCUT2D eigenvalue weighted by molar-refractivity contribution is -0.148. The van der Waals surface area contributed by atoms with Gasteiger partial charge in [0.1, 0.15) is 11.3 Å². The molecule has 3 nitrogen and oxygen atoms in total. The van der Waals surface area contributed by atoms with Gasteiger partial charge in [-0.1, -0.05) is 29.5 Å². The first-order valence-corrected chi connectivity index (χ1v) is 8.81. The quantitative estimate of drug-likeness (QED) is 0.650. The monoisotopic (exact) mass is 344 g/mol. The first-order valence-electron chi connectivity index (χ1n) is 8.81. The van der Waals surface area contributed by atoms with Crippen LogP contribution < -0.4 is 0 Å². The normalized spacial score (nSPS) is 18.8. The van der Waals surface area contributed by atoms with Crippen LogP contribution in [-0.4, -0.2) is 11.1 Å². The first-order chi connectivity index (χ1) is 12.4. The second kappa shape index (κ2) is 6.07. The van der Waals surface area contributed by atoms with Gasteiger partial charge in [-0.05, 0) is 57.0 Å². The Bertz CT molecular complexity index is 1060. The van der Waals surface area contributed by atoms with Gasteiger partial charge in [0.2, 0.25) is 0 Å². The maximum Gasteiger partial charge on any atom is 0.309 e. The van der Waals surface area contributed by atoms with E-state index in [1.807, 2.05) is 24.3 Å². The molecular formula is C23H20O3. The average molecular weight is 344 g/mol. The second-order valence-corrected chi connectivity index (χ2v) is 7.37. The molecule has 0 saturated heterocycles. The van der Waals surface area contributed by atoms with Crippen LogP contribution in [0.4, 0.5) is 0 Å². The lowest BCUT2D eigenvalue weighted by Gasteiger charge is -2.28.